The van der Waals surface area contributed by atoms with Gasteiger partial charge in [0.25, 0.3) is 0 Å². The summed E-state index contributed by atoms with van der Waals surface area (Å²) in [7, 11) is -0.657. The van der Waals surface area contributed by atoms with Crippen molar-refractivity contribution in [2.75, 3.05) is 6.61 Å². The van der Waals surface area contributed by atoms with Gasteiger partial charge in [0.05, 0.1) is 0 Å². The standard InChI is InChI=1S/C6H6O.C3H6O2P.H2S/c7-6-4-2-1-3-5-6;1-2-3-5-6-4;/h1-5,7H;2,6H,1,3H2;1H2/q;+1;. The summed E-state index contributed by atoms with van der Waals surface area (Å²) in [6, 6.07) is 8.71. The molecule has 0 aliphatic heterocycles. The Morgan fingerprint density at radius 2 is 2.00 bits per heavy atom. The first-order valence-corrected chi connectivity index (χ1v) is 4.46. The summed E-state index contributed by atoms with van der Waals surface area (Å²) in [6.07, 6.45) is 1.55. The molecule has 0 aliphatic carbocycles. The fourth-order valence-electron chi connectivity index (χ4n) is 0.521. The van der Waals surface area contributed by atoms with E-state index in [1.54, 1.807) is 30.3 Å². The Bertz CT molecular complexity index is 233. The molecule has 0 spiro atoms. The molecule has 0 fully saturated rings. The van der Waals surface area contributed by atoms with Gasteiger partial charge in [0.1, 0.15) is 12.4 Å². The Hall–Kier alpha value is -0.830. The number of para-hydroxylation sites is 1. The fourth-order valence-corrected chi connectivity index (χ4v) is 0.707. The van der Waals surface area contributed by atoms with E-state index in [1.165, 1.54) is 0 Å². The van der Waals surface area contributed by atoms with Crippen LogP contribution in [0.1, 0.15) is 0 Å². The van der Waals surface area contributed by atoms with Crippen LogP contribution >= 0.6 is 22.2 Å². The lowest BCUT2D eigenvalue weighted by molar-refractivity contribution is 0.387. The van der Waals surface area contributed by atoms with Gasteiger partial charge in [0, 0.05) is 0 Å². The van der Waals surface area contributed by atoms with Gasteiger partial charge < -0.3 is 5.11 Å². The molecule has 1 aromatic carbocycles. The van der Waals surface area contributed by atoms with Crippen molar-refractivity contribution < 1.29 is 14.2 Å². The van der Waals surface area contributed by atoms with Crippen molar-refractivity contribution in [2.45, 2.75) is 0 Å². The van der Waals surface area contributed by atoms with Crippen LogP contribution < -0.4 is 0 Å². The molecule has 1 atom stereocenters. The lowest BCUT2D eigenvalue weighted by Crippen LogP contribution is -1.69. The number of hydrogen-bond donors (Lipinski definition) is 1. The molecular weight excluding hydrogens is 219 g/mol. The van der Waals surface area contributed by atoms with Gasteiger partial charge in [-0.05, 0) is 16.7 Å². The maximum atomic E-state index is 9.45. The van der Waals surface area contributed by atoms with E-state index in [1.807, 2.05) is 6.07 Å². The minimum absolute atomic E-state index is 0. The molecule has 1 aromatic rings. The van der Waals surface area contributed by atoms with Crippen LogP contribution in [-0.2, 0) is 9.09 Å². The second kappa shape index (κ2) is 12.2. The molecule has 0 heterocycles. The Balaban J connectivity index is 0. The van der Waals surface area contributed by atoms with E-state index in [0.717, 1.165) is 0 Å². The van der Waals surface area contributed by atoms with E-state index < -0.39 is 8.69 Å². The molecule has 78 valence electrons. The average Bonchev–Trinajstić information content (AvgIpc) is 2.17. The zero-order chi connectivity index (χ0) is 9.94. The third-order valence-corrected chi connectivity index (χ3v) is 1.30. The van der Waals surface area contributed by atoms with Gasteiger partial charge in [0.15, 0.2) is 0 Å². The SMILES string of the molecule is C=CCO[PH+]=O.Oc1ccccc1.S. The lowest BCUT2D eigenvalue weighted by atomic mass is 10.3. The number of benzene rings is 1. The topological polar surface area (TPSA) is 46.5 Å². The minimum atomic E-state index is -0.657. The van der Waals surface area contributed by atoms with Gasteiger partial charge in [-0.25, -0.2) is 0 Å². The zero-order valence-electron chi connectivity index (χ0n) is 7.64. The number of phenolic OH excluding ortho intramolecular Hbond substituents is 1. The Kier molecular flexibility index (Phi) is 13.6. The van der Waals surface area contributed by atoms with Crippen LogP contribution in [0.2, 0.25) is 0 Å². The average molecular weight is 233 g/mol. The van der Waals surface area contributed by atoms with Crippen LogP contribution in [0, 0.1) is 0 Å². The highest BCUT2D eigenvalue weighted by atomic mass is 32.1. The molecule has 0 amide bonds. The van der Waals surface area contributed by atoms with Gasteiger partial charge in [-0.2, -0.15) is 13.5 Å². The lowest BCUT2D eigenvalue weighted by Gasteiger charge is -1.82. The first kappa shape index (κ1) is 15.6. The summed E-state index contributed by atoms with van der Waals surface area (Å²) in [4.78, 5) is 0. The summed E-state index contributed by atoms with van der Waals surface area (Å²) in [5, 5.41) is 8.63. The highest BCUT2D eigenvalue weighted by Gasteiger charge is 1.79. The molecule has 0 aliphatic rings. The summed E-state index contributed by atoms with van der Waals surface area (Å²) in [5.74, 6) is 0.322. The number of rotatable bonds is 3. The first-order valence-electron chi connectivity index (χ1n) is 3.65. The molecule has 5 heteroatoms. The predicted octanol–water partition coefficient (Wildman–Crippen LogP) is 2.63. The molecule has 0 saturated heterocycles. The third-order valence-electron chi connectivity index (χ3n) is 1.02. The molecule has 1 rings (SSSR count). The predicted molar refractivity (Wildman–Crippen MR) is 63.6 cm³/mol. The normalized spacial score (nSPS) is 8.00. The monoisotopic (exact) mass is 233 g/mol. The molecule has 0 aromatic heterocycles. The molecule has 0 radical (unpaired) electrons. The molecule has 1 unspecified atom stereocenters. The van der Waals surface area contributed by atoms with Gasteiger partial charge >= 0.3 is 8.69 Å². The van der Waals surface area contributed by atoms with Crippen molar-refractivity contribution in [3.63, 3.8) is 0 Å². The summed E-state index contributed by atoms with van der Waals surface area (Å²) < 4.78 is 13.8. The first-order chi connectivity index (χ1) is 6.31. The molecule has 0 saturated carbocycles. The van der Waals surface area contributed by atoms with E-state index in [0.29, 0.717) is 12.4 Å². The quantitative estimate of drug-likeness (QED) is 0.496. The summed E-state index contributed by atoms with van der Waals surface area (Å²) in [5.41, 5.74) is 0. The van der Waals surface area contributed by atoms with E-state index in [-0.39, 0.29) is 13.5 Å². The second-order valence-electron chi connectivity index (χ2n) is 2.02. The highest BCUT2D eigenvalue weighted by molar-refractivity contribution is 7.59. The minimum Gasteiger partial charge on any atom is -0.508 e. The zero-order valence-corrected chi connectivity index (χ0v) is 9.64. The van der Waals surface area contributed by atoms with Crippen molar-refractivity contribution in [3.8, 4) is 5.75 Å². The Morgan fingerprint density at radius 3 is 2.21 bits per heavy atom. The largest absolute Gasteiger partial charge is 0.508 e. The van der Waals surface area contributed by atoms with Crippen LogP contribution in [0.4, 0.5) is 0 Å². The van der Waals surface area contributed by atoms with Gasteiger partial charge in [-0.15, -0.1) is 11.1 Å². The van der Waals surface area contributed by atoms with Crippen LogP contribution in [0.5, 0.6) is 5.75 Å². The third kappa shape index (κ3) is 11.2. The maximum Gasteiger partial charge on any atom is 0.494 e. The molecule has 3 nitrogen and oxygen atoms in total. The fraction of sp³-hybridized carbons (Fsp3) is 0.111. The van der Waals surface area contributed by atoms with Crippen molar-refractivity contribution in [3.05, 3.63) is 43.0 Å². The van der Waals surface area contributed by atoms with Crippen molar-refractivity contribution >= 4 is 22.2 Å². The van der Waals surface area contributed by atoms with E-state index >= 15 is 0 Å². The Morgan fingerprint density at radius 1 is 1.43 bits per heavy atom. The van der Waals surface area contributed by atoms with Gasteiger partial charge in [-0.3, -0.25) is 0 Å². The molecule has 1 N–H and O–H groups in total. The van der Waals surface area contributed by atoms with Crippen LogP contribution in [-0.4, -0.2) is 11.7 Å². The summed E-state index contributed by atoms with van der Waals surface area (Å²) in [6.45, 7) is 3.72. The van der Waals surface area contributed by atoms with Gasteiger partial charge in [-0.1, -0.05) is 24.3 Å². The van der Waals surface area contributed by atoms with Crippen molar-refractivity contribution in [2.24, 2.45) is 0 Å². The van der Waals surface area contributed by atoms with E-state index in [2.05, 4.69) is 11.1 Å². The number of phenols is 1. The second-order valence-corrected chi connectivity index (χ2v) is 2.47. The highest BCUT2D eigenvalue weighted by Crippen LogP contribution is 2.02. The van der Waals surface area contributed by atoms with Crippen LogP contribution in [0.25, 0.3) is 0 Å². The number of aromatic hydroxyl groups is 1. The van der Waals surface area contributed by atoms with Gasteiger partial charge in [0.2, 0.25) is 0 Å². The molecule has 14 heavy (non-hydrogen) atoms. The molecule has 0 bridgehead atoms. The number of hydrogen-bond acceptors (Lipinski definition) is 3. The van der Waals surface area contributed by atoms with E-state index in [9.17, 15) is 4.57 Å². The van der Waals surface area contributed by atoms with Crippen LogP contribution in [0.3, 0.4) is 0 Å². The smallest absolute Gasteiger partial charge is 0.494 e. The van der Waals surface area contributed by atoms with Crippen molar-refractivity contribution in [1.29, 1.82) is 0 Å². The maximum absolute atomic E-state index is 9.45. The summed E-state index contributed by atoms with van der Waals surface area (Å²) >= 11 is 0. The van der Waals surface area contributed by atoms with Crippen LogP contribution in [0.15, 0.2) is 43.0 Å². The molecular formula is C9H14O3PS+. The Labute approximate surface area is 92.1 Å². The van der Waals surface area contributed by atoms with E-state index in [4.69, 9.17) is 5.11 Å². The van der Waals surface area contributed by atoms with Crippen molar-refractivity contribution in [1.82, 2.24) is 0 Å².